The van der Waals surface area contributed by atoms with Gasteiger partial charge in [-0.15, -0.1) is 0 Å². The first-order chi connectivity index (χ1) is 6.84. The molecule has 0 bridgehead atoms. The van der Waals surface area contributed by atoms with E-state index in [1.54, 1.807) is 12.3 Å². The Morgan fingerprint density at radius 2 is 2.07 bits per heavy atom. The first-order valence-electron chi connectivity index (χ1n) is 4.97. The van der Waals surface area contributed by atoms with Crippen LogP contribution in [0, 0.1) is 12.3 Å². The van der Waals surface area contributed by atoms with Gasteiger partial charge in [-0.3, -0.25) is 9.78 Å². The summed E-state index contributed by atoms with van der Waals surface area (Å²) in [6.45, 7) is 7.34. The van der Waals surface area contributed by atoms with E-state index in [1.165, 1.54) is 6.20 Å². The van der Waals surface area contributed by atoms with Crippen molar-refractivity contribution in [3.05, 3.63) is 29.6 Å². The Balaban J connectivity index is 3.01. The first-order valence-corrected chi connectivity index (χ1v) is 4.97. The predicted octanol–water partition coefficient (Wildman–Crippen LogP) is 1.98. The molecule has 1 aromatic heterocycles. The molecule has 1 aromatic rings. The molecule has 3 heteroatoms. The second-order valence-corrected chi connectivity index (χ2v) is 4.82. The minimum atomic E-state index is -0.986. The molecule has 0 amide bonds. The number of aliphatic hydroxyl groups excluding tert-OH is 1. The van der Waals surface area contributed by atoms with Gasteiger partial charge in [-0.1, -0.05) is 20.8 Å². The molecule has 1 rings (SSSR count). The lowest BCUT2D eigenvalue weighted by Gasteiger charge is -2.24. The third kappa shape index (κ3) is 2.63. The highest BCUT2D eigenvalue weighted by Crippen LogP contribution is 2.23. The maximum atomic E-state index is 11.9. The van der Waals surface area contributed by atoms with E-state index < -0.39 is 11.5 Å². The number of aromatic nitrogens is 1. The molecule has 0 aromatic carbocycles. The summed E-state index contributed by atoms with van der Waals surface area (Å²) in [6.07, 6.45) is 2.16. The van der Waals surface area contributed by atoms with E-state index in [2.05, 4.69) is 4.98 Å². The van der Waals surface area contributed by atoms with Crippen LogP contribution in [0.4, 0.5) is 0 Å². The largest absolute Gasteiger partial charge is 0.384 e. The number of carbonyl (C=O) groups is 1. The van der Waals surface area contributed by atoms with E-state index in [0.29, 0.717) is 5.56 Å². The van der Waals surface area contributed by atoms with Gasteiger partial charge in [0.05, 0.1) is 0 Å². The van der Waals surface area contributed by atoms with Gasteiger partial charge < -0.3 is 5.11 Å². The topological polar surface area (TPSA) is 50.2 Å². The van der Waals surface area contributed by atoms with Crippen molar-refractivity contribution >= 4 is 5.78 Å². The van der Waals surface area contributed by atoms with E-state index >= 15 is 0 Å². The monoisotopic (exact) mass is 207 g/mol. The highest BCUT2D eigenvalue weighted by molar-refractivity contribution is 6.00. The number of rotatable bonds is 2. The number of aryl methyl sites for hydroxylation is 1. The summed E-state index contributed by atoms with van der Waals surface area (Å²) >= 11 is 0. The number of nitrogens with zero attached hydrogens (tertiary/aromatic N) is 1. The second-order valence-electron chi connectivity index (χ2n) is 4.82. The molecular weight excluding hydrogens is 190 g/mol. The summed E-state index contributed by atoms with van der Waals surface area (Å²) in [4.78, 5) is 15.8. The molecule has 1 atom stereocenters. The Hall–Kier alpha value is -1.22. The maximum Gasteiger partial charge on any atom is 0.193 e. The summed E-state index contributed by atoms with van der Waals surface area (Å²) in [7, 11) is 0. The number of ketones is 1. The molecule has 0 aliphatic rings. The quantitative estimate of drug-likeness (QED) is 0.754. The van der Waals surface area contributed by atoms with Gasteiger partial charge in [-0.2, -0.15) is 0 Å². The van der Waals surface area contributed by atoms with Crippen LogP contribution in [0.25, 0.3) is 0 Å². The van der Waals surface area contributed by atoms with E-state index in [9.17, 15) is 9.90 Å². The summed E-state index contributed by atoms with van der Waals surface area (Å²) in [5.41, 5.74) is 0.901. The SMILES string of the molecule is Cc1ccncc1C(=O)C(O)C(C)(C)C. The van der Waals surface area contributed by atoms with Crippen molar-refractivity contribution in [1.82, 2.24) is 4.98 Å². The lowest BCUT2D eigenvalue weighted by molar-refractivity contribution is 0.0441. The van der Waals surface area contributed by atoms with Gasteiger partial charge in [-0.05, 0) is 24.0 Å². The Labute approximate surface area is 90.2 Å². The van der Waals surface area contributed by atoms with Gasteiger partial charge in [-0.25, -0.2) is 0 Å². The number of aliphatic hydroxyl groups is 1. The highest BCUT2D eigenvalue weighted by atomic mass is 16.3. The molecule has 1 N–H and O–H groups in total. The zero-order valence-electron chi connectivity index (χ0n) is 9.61. The molecule has 3 nitrogen and oxygen atoms in total. The van der Waals surface area contributed by atoms with Gasteiger partial charge in [0.25, 0.3) is 0 Å². The number of hydrogen-bond donors (Lipinski definition) is 1. The standard InChI is InChI=1S/C12H17NO2/c1-8-5-6-13-7-9(8)10(14)11(15)12(2,3)4/h5-7,11,15H,1-4H3. The van der Waals surface area contributed by atoms with Gasteiger partial charge >= 0.3 is 0 Å². The van der Waals surface area contributed by atoms with Crippen molar-refractivity contribution in [2.75, 3.05) is 0 Å². The Kier molecular flexibility index (Phi) is 3.25. The van der Waals surface area contributed by atoms with Crippen LogP contribution in [-0.2, 0) is 0 Å². The predicted molar refractivity (Wildman–Crippen MR) is 58.8 cm³/mol. The van der Waals surface area contributed by atoms with Crippen molar-refractivity contribution in [2.24, 2.45) is 5.41 Å². The number of hydrogen-bond acceptors (Lipinski definition) is 3. The smallest absolute Gasteiger partial charge is 0.193 e. The average molecular weight is 207 g/mol. The zero-order chi connectivity index (χ0) is 11.6. The number of carbonyl (C=O) groups excluding carboxylic acids is 1. The second kappa shape index (κ2) is 4.11. The van der Waals surface area contributed by atoms with Crippen LogP contribution in [0.2, 0.25) is 0 Å². The normalized spacial score (nSPS) is 13.7. The molecule has 15 heavy (non-hydrogen) atoms. The average Bonchev–Trinajstić information content (AvgIpc) is 2.15. The third-order valence-corrected chi connectivity index (χ3v) is 2.37. The van der Waals surface area contributed by atoms with Crippen LogP contribution in [0.1, 0.15) is 36.7 Å². The third-order valence-electron chi connectivity index (χ3n) is 2.37. The maximum absolute atomic E-state index is 11.9. The number of Topliss-reactive ketones (excluding diaryl/α,β-unsaturated/α-hetero) is 1. The fourth-order valence-electron chi connectivity index (χ4n) is 1.26. The fraction of sp³-hybridized carbons (Fsp3) is 0.500. The summed E-state index contributed by atoms with van der Waals surface area (Å²) in [6, 6.07) is 1.77. The molecule has 0 saturated carbocycles. The van der Waals surface area contributed by atoms with Crippen LogP contribution in [-0.4, -0.2) is 22.0 Å². The van der Waals surface area contributed by atoms with Crippen molar-refractivity contribution in [3.8, 4) is 0 Å². The molecule has 0 aliphatic carbocycles. The molecule has 0 spiro atoms. The van der Waals surface area contributed by atoms with Gasteiger partial charge in [0, 0.05) is 18.0 Å². The van der Waals surface area contributed by atoms with Crippen LogP contribution in [0.15, 0.2) is 18.5 Å². The van der Waals surface area contributed by atoms with Crippen LogP contribution in [0.5, 0.6) is 0 Å². The molecule has 0 radical (unpaired) electrons. The Bertz CT molecular complexity index is 366. The lowest BCUT2D eigenvalue weighted by atomic mass is 9.84. The van der Waals surface area contributed by atoms with Gasteiger partial charge in [0.2, 0.25) is 0 Å². The first kappa shape index (κ1) is 11.9. The molecule has 1 unspecified atom stereocenters. The van der Waals surface area contributed by atoms with Crippen molar-refractivity contribution in [3.63, 3.8) is 0 Å². The minimum absolute atomic E-state index is 0.256. The molecule has 1 heterocycles. The molecular formula is C12H17NO2. The zero-order valence-corrected chi connectivity index (χ0v) is 9.61. The van der Waals surface area contributed by atoms with Crippen LogP contribution >= 0.6 is 0 Å². The van der Waals surface area contributed by atoms with E-state index in [-0.39, 0.29) is 5.78 Å². The van der Waals surface area contributed by atoms with E-state index in [0.717, 1.165) is 5.56 Å². The molecule has 0 saturated heterocycles. The lowest BCUT2D eigenvalue weighted by Crippen LogP contribution is -2.34. The van der Waals surface area contributed by atoms with Gasteiger partial charge in [0.1, 0.15) is 6.10 Å². The Morgan fingerprint density at radius 3 is 2.53 bits per heavy atom. The van der Waals surface area contributed by atoms with Crippen molar-refractivity contribution < 1.29 is 9.90 Å². The summed E-state index contributed by atoms with van der Waals surface area (Å²) in [5, 5.41) is 9.85. The molecule has 82 valence electrons. The van der Waals surface area contributed by atoms with E-state index in [1.807, 2.05) is 27.7 Å². The van der Waals surface area contributed by atoms with E-state index in [4.69, 9.17) is 0 Å². The van der Waals surface area contributed by atoms with Crippen LogP contribution < -0.4 is 0 Å². The molecule has 0 aliphatic heterocycles. The molecule has 0 fully saturated rings. The van der Waals surface area contributed by atoms with Crippen molar-refractivity contribution in [1.29, 1.82) is 0 Å². The highest BCUT2D eigenvalue weighted by Gasteiger charge is 2.30. The van der Waals surface area contributed by atoms with Crippen LogP contribution in [0.3, 0.4) is 0 Å². The summed E-state index contributed by atoms with van der Waals surface area (Å²) in [5.74, 6) is -0.256. The minimum Gasteiger partial charge on any atom is -0.384 e. The van der Waals surface area contributed by atoms with Crippen molar-refractivity contribution in [2.45, 2.75) is 33.8 Å². The summed E-state index contributed by atoms with van der Waals surface area (Å²) < 4.78 is 0. The van der Waals surface area contributed by atoms with Gasteiger partial charge in [0.15, 0.2) is 5.78 Å². The fourth-order valence-corrected chi connectivity index (χ4v) is 1.26. The number of pyridine rings is 1. The Morgan fingerprint density at radius 1 is 1.47 bits per heavy atom.